The van der Waals surface area contributed by atoms with Crippen LogP contribution in [-0.4, -0.2) is 48.1 Å². The first kappa shape index (κ1) is 19.7. The van der Waals surface area contributed by atoms with Crippen LogP contribution in [0.2, 0.25) is 0 Å². The average Bonchev–Trinajstić information content (AvgIpc) is 2.75. The van der Waals surface area contributed by atoms with Gasteiger partial charge in [0.15, 0.2) is 0 Å². The van der Waals surface area contributed by atoms with Crippen molar-refractivity contribution < 1.29 is 0 Å². The Balaban J connectivity index is 1.48. The number of anilines is 5. The van der Waals surface area contributed by atoms with E-state index < -0.39 is 0 Å². The van der Waals surface area contributed by atoms with Crippen LogP contribution in [0, 0.1) is 18.3 Å². The molecule has 2 N–H and O–H groups in total. The Hall–Kier alpha value is -3.63. The van der Waals surface area contributed by atoms with E-state index in [1.165, 1.54) is 5.69 Å². The zero-order valence-electron chi connectivity index (χ0n) is 17.3. The van der Waals surface area contributed by atoms with Gasteiger partial charge in [-0.3, -0.25) is 0 Å². The van der Waals surface area contributed by atoms with Gasteiger partial charge in [-0.05, 0) is 50.4 Å². The topological polar surface area (TPSA) is 80.1 Å². The van der Waals surface area contributed by atoms with Crippen molar-refractivity contribution in [2.24, 2.45) is 0 Å². The molecule has 0 aliphatic carbocycles. The molecule has 0 saturated carbocycles. The molecule has 1 fully saturated rings. The van der Waals surface area contributed by atoms with Crippen molar-refractivity contribution in [2.75, 3.05) is 48.8 Å². The molecule has 0 unspecified atom stereocenters. The standard InChI is InChI=1S/C23H25N7/c1-17-25-22(15-23(26-17)28-21-6-4-3-5-18(21)16-24)27-19-7-9-20(10-8-19)30-13-11-29(2)12-14-30/h3-10,15H,11-14H2,1-2H3,(H2,25,26,27,28). The van der Waals surface area contributed by atoms with E-state index in [-0.39, 0.29) is 0 Å². The molecule has 1 saturated heterocycles. The minimum absolute atomic E-state index is 0.572. The Kier molecular flexibility index (Phi) is 5.77. The third kappa shape index (κ3) is 4.67. The van der Waals surface area contributed by atoms with Gasteiger partial charge >= 0.3 is 0 Å². The third-order valence-electron chi connectivity index (χ3n) is 5.16. The lowest BCUT2D eigenvalue weighted by Gasteiger charge is -2.34. The van der Waals surface area contributed by atoms with Crippen LogP contribution in [0.25, 0.3) is 0 Å². The van der Waals surface area contributed by atoms with E-state index in [4.69, 9.17) is 0 Å². The van der Waals surface area contributed by atoms with Gasteiger partial charge in [0, 0.05) is 43.6 Å². The van der Waals surface area contributed by atoms with Crippen LogP contribution in [0.4, 0.5) is 28.7 Å². The van der Waals surface area contributed by atoms with E-state index in [0.717, 1.165) is 37.6 Å². The molecule has 4 rings (SSSR count). The summed E-state index contributed by atoms with van der Waals surface area (Å²) in [6.07, 6.45) is 0. The van der Waals surface area contributed by atoms with Crippen molar-refractivity contribution in [3.63, 3.8) is 0 Å². The summed E-state index contributed by atoms with van der Waals surface area (Å²) in [6, 6.07) is 19.8. The summed E-state index contributed by atoms with van der Waals surface area (Å²) in [5.74, 6) is 1.99. The van der Waals surface area contributed by atoms with Crippen molar-refractivity contribution in [3.05, 3.63) is 66.0 Å². The van der Waals surface area contributed by atoms with Crippen LogP contribution < -0.4 is 15.5 Å². The molecule has 2 aromatic carbocycles. The van der Waals surface area contributed by atoms with Crippen molar-refractivity contribution in [1.82, 2.24) is 14.9 Å². The number of para-hydroxylation sites is 1. The second-order valence-electron chi connectivity index (χ2n) is 7.43. The Morgan fingerprint density at radius 2 is 1.57 bits per heavy atom. The highest BCUT2D eigenvalue weighted by Crippen LogP contribution is 2.24. The van der Waals surface area contributed by atoms with Gasteiger partial charge in [0.05, 0.1) is 11.3 Å². The van der Waals surface area contributed by atoms with Crippen LogP contribution in [0.3, 0.4) is 0 Å². The number of rotatable bonds is 5. The lowest BCUT2D eigenvalue weighted by molar-refractivity contribution is 0.313. The number of likely N-dealkylation sites (N-methyl/N-ethyl adjacent to an activating group) is 1. The number of nitrogens with one attached hydrogen (secondary N) is 2. The number of benzene rings is 2. The minimum atomic E-state index is 0.572. The largest absolute Gasteiger partial charge is 0.369 e. The molecule has 152 valence electrons. The molecule has 7 heteroatoms. The van der Waals surface area contributed by atoms with Gasteiger partial charge in [0.2, 0.25) is 0 Å². The normalized spacial score (nSPS) is 14.2. The van der Waals surface area contributed by atoms with E-state index in [1.807, 2.05) is 31.2 Å². The molecule has 1 aliphatic heterocycles. The maximum atomic E-state index is 9.29. The number of aryl methyl sites for hydroxylation is 1. The number of hydrogen-bond acceptors (Lipinski definition) is 7. The summed E-state index contributed by atoms with van der Waals surface area (Å²) in [6.45, 7) is 6.13. The Labute approximate surface area is 177 Å². The van der Waals surface area contributed by atoms with Gasteiger partial charge < -0.3 is 20.4 Å². The van der Waals surface area contributed by atoms with E-state index in [9.17, 15) is 5.26 Å². The van der Waals surface area contributed by atoms with E-state index in [1.54, 1.807) is 6.07 Å². The number of piperazine rings is 1. The lowest BCUT2D eigenvalue weighted by Crippen LogP contribution is -2.44. The second-order valence-corrected chi connectivity index (χ2v) is 7.43. The summed E-state index contributed by atoms with van der Waals surface area (Å²) < 4.78 is 0. The van der Waals surface area contributed by atoms with E-state index >= 15 is 0 Å². The second kappa shape index (κ2) is 8.80. The van der Waals surface area contributed by atoms with Crippen molar-refractivity contribution in [1.29, 1.82) is 5.26 Å². The highest BCUT2D eigenvalue weighted by molar-refractivity contribution is 5.68. The maximum Gasteiger partial charge on any atom is 0.136 e. The fourth-order valence-corrected chi connectivity index (χ4v) is 3.49. The van der Waals surface area contributed by atoms with Gasteiger partial charge in [-0.15, -0.1) is 0 Å². The molecule has 7 nitrogen and oxygen atoms in total. The number of nitriles is 1. The van der Waals surface area contributed by atoms with Crippen LogP contribution >= 0.6 is 0 Å². The first-order valence-electron chi connectivity index (χ1n) is 10.0. The quantitative estimate of drug-likeness (QED) is 0.673. The lowest BCUT2D eigenvalue weighted by atomic mass is 10.2. The zero-order chi connectivity index (χ0) is 20.9. The SMILES string of the molecule is Cc1nc(Nc2ccc(N3CCN(C)CC3)cc2)cc(Nc2ccccc2C#N)n1. The Morgan fingerprint density at radius 3 is 2.27 bits per heavy atom. The molecule has 3 aromatic rings. The van der Waals surface area contributed by atoms with Crippen molar-refractivity contribution in [3.8, 4) is 6.07 Å². The highest BCUT2D eigenvalue weighted by atomic mass is 15.2. The average molecular weight is 400 g/mol. The third-order valence-corrected chi connectivity index (χ3v) is 5.16. The first-order chi connectivity index (χ1) is 14.6. The molecule has 0 spiro atoms. The van der Waals surface area contributed by atoms with Gasteiger partial charge in [0.25, 0.3) is 0 Å². The predicted octanol–water partition coefficient (Wildman–Crippen LogP) is 3.90. The summed E-state index contributed by atoms with van der Waals surface area (Å²) in [5, 5.41) is 15.9. The van der Waals surface area contributed by atoms with Crippen LogP contribution in [-0.2, 0) is 0 Å². The molecule has 0 bridgehead atoms. The molecule has 30 heavy (non-hydrogen) atoms. The zero-order valence-corrected chi connectivity index (χ0v) is 17.3. The molecule has 0 atom stereocenters. The van der Waals surface area contributed by atoms with Crippen LogP contribution in [0.5, 0.6) is 0 Å². The fourth-order valence-electron chi connectivity index (χ4n) is 3.49. The molecular weight excluding hydrogens is 374 g/mol. The smallest absolute Gasteiger partial charge is 0.136 e. The van der Waals surface area contributed by atoms with Crippen molar-refractivity contribution in [2.45, 2.75) is 6.92 Å². The summed E-state index contributed by atoms with van der Waals surface area (Å²) in [5.41, 5.74) is 3.50. The number of hydrogen-bond donors (Lipinski definition) is 2. The van der Waals surface area contributed by atoms with Gasteiger partial charge in [-0.25, -0.2) is 9.97 Å². The monoisotopic (exact) mass is 399 g/mol. The predicted molar refractivity (Wildman–Crippen MR) is 121 cm³/mol. The molecular formula is C23H25N7. The van der Waals surface area contributed by atoms with Gasteiger partial charge in [-0.1, -0.05) is 12.1 Å². The highest BCUT2D eigenvalue weighted by Gasteiger charge is 2.14. The van der Waals surface area contributed by atoms with Crippen molar-refractivity contribution >= 4 is 28.7 Å². The molecule has 0 amide bonds. The Morgan fingerprint density at radius 1 is 0.900 bits per heavy atom. The molecule has 1 aromatic heterocycles. The molecule has 0 radical (unpaired) electrons. The summed E-state index contributed by atoms with van der Waals surface area (Å²) in [4.78, 5) is 13.7. The molecule has 2 heterocycles. The maximum absolute atomic E-state index is 9.29. The van der Waals surface area contributed by atoms with Gasteiger partial charge in [0.1, 0.15) is 23.5 Å². The van der Waals surface area contributed by atoms with Crippen LogP contribution in [0.1, 0.15) is 11.4 Å². The number of aromatic nitrogens is 2. The summed E-state index contributed by atoms with van der Waals surface area (Å²) >= 11 is 0. The fraction of sp³-hybridized carbons (Fsp3) is 0.261. The van der Waals surface area contributed by atoms with E-state index in [2.05, 4.69) is 67.8 Å². The first-order valence-corrected chi connectivity index (χ1v) is 10.0. The minimum Gasteiger partial charge on any atom is -0.369 e. The van der Waals surface area contributed by atoms with Crippen LogP contribution in [0.15, 0.2) is 54.6 Å². The number of nitrogens with zero attached hydrogens (tertiary/aromatic N) is 5. The molecule has 1 aliphatic rings. The van der Waals surface area contributed by atoms with Gasteiger partial charge in [-0.2, -0.15) is 5.26 Å². The summed E-state index contributed by atoms with van der Waals surface area (Å²) in [7, 11) is 2.16. The van der Waals surface area contributed by atoms with E-state index in [0.29, 0.717) is 23.0 Å². The Bertz CT molecular complexity index is 1050.